The lowest BCUT2D eigenvalue weighted by Gasteiger charge is -2.33. The normalized spacial score (nSPS) is 31.6. The first-order valence-corrected chi connectivity index (χ1v) is 21.0. The highest BCUT2D eigenvalue weighted by molar-refractivity contribution is 7.91. The number of halogens is 3. The van der Waals surface area contributed by atoms with Crippen molar-refractivity contribution in [3.8, 4) is 11.8 Å². The number of nitrogens with one attached hydrogen (secondary N) is 1. The number of ether oxygens (including phenoxy) is 3. The van der Waals surface area contributed by atoms with Crippen LogP contribution in [0, 0.1) is 29.1 Å². The fourth-order valence-electron chi connectivity index (χ4n) is 8.08. The number of sulfonamides is 1. The summed E-state index contributed by atoms with van der Waals surface area (Å²) in [6.45, 7) is -2.25. The number of rotatable bonds is 10. The Bertz CT molecular complexity index is 2260. The van der Waals surface area contributed by atoms with Crippen molar-refractivity contribution in [3.63, 3.8) is 0 Å². The lowest BCUT2D eigenvalue weighted by Crippen LogP contribution is -2.48. The number of alkyl halides is 3. The second-order valence-corrected chi connectivity index (χ2v) is 18.7. The molecule has 0 spiro atoms. The Hall–Kier alpha value is -4.28. The number of aromatic nitrogens is 2. The average molecular weight is 841 g/mol. The van der Waals surface area contributed by atoms with Gasteiger partial charge in [-0.3, -0.25) is 23.9 Å². The summed E-state index contributed by atoms with van der Waals surface area (Å²) in [6, 6.07) is 5.48. The third-order valence-electron chi connectivity index (χ3n) is 12.0. The van der Waals surface area contributed by atoms with Crippen molar-refractivity contribution in [1.29, 1.82) is 0 Å². The monoisotopic (exact) mass is 840 g/mol. The van der Waals surface area contributed by atoms with Crippen molar-refractivity contribution in [3.05, 3.63) is 36.4 Å². The third kappa shape index (κ3) is 8.83. The summed E-state index contributed by atoms with van der Waals surface area (Å²) in [5.41, 5.74) is -6.45. The lowest BCUT2D eigenvalue weighted by molar-refractivity contribution is -0.257. The van der Waals surface area contributed by atoms with Gasteiger partial charge in [0.15, 0.2) is 5.78 Å². The molecule has 2 aromatic rings. The molecular weight excluding hydrogens is 782 g/mol. The largest absolute Gasteiger partial charge is 0.476 e. The van der Waals surface area contributed by atoms with Crippen LogP contribution in [-0.4, -0.2) is 88.9 Å². The van der Waals surface area contributed by atoms with Gasteiger partial charge in [0, 0.05) is 21.1 Å². The number of Topliss-reactive ketones (excluding diaryl/α,β-unsaturated/α-hetero) is 1. The number of esters is 1. The van der Waals surface area contributed by atoms with Gasteiger partial charge in [-0.15, -0.1) is 10.2 Å². The fraction of sp³-hybridized carbons (Fsp3) is 0.659. The third-order valence-corrected chi connectivity index (χ3v) is 14.2. The highest BCUT2D eigenvalue weighted by Gasteiger charge is 2.63. The molecule has 1 aromatic heterocycles. The summed E-state index contributed by atoms with van der Waals surface area (Å²) in [6.07, 6.45) is -3.49. The summed E-state index contributed by atoms with van der Waals surface area (Å²) in [5, 5.41) is 9.35. The Balaban J connectivity index is 1.39. The molecule has 0 radical (unpaired) electrons. The molecule has 1 N–H and O–H groups in total. The SMILES string of the molecule is [2H]C([2H])([2H])C(OC(=O)C[C@@H]1C(=O)N2C[C@H](Oc3nnc(OCC)c4ccccc34)C[C@H]2C(=O)C[C@]2(C(=O)NS(=O)(=O)C3(C)CC3)C[C@H]2/C=C\CC[C@@H](C)C[C@H]1C)(C([2H])([2H])[2H])C(F)(F)F. The molecule has 0 unspecified atom stereocenters. The molecule has 0 bridgehead atoms. The molecule has 3 fully saturated rings. The maximum Gasteiger partial charge on any atom is 0.427 e. The van der Waals surface area contributed by atoms with Crippen LogP contribution in [0.15, 0.2) is 36.4 Å². The first-order valence-electron chi connectivity index (χ1n) is 22.5. The molecule has 7 atom stereocenters. The van der Waals surface area contributed by atoms with Crippen LogP contribution in [0.25, 0.3) is 10.8 Å². The van der Waals surface area contributed by atoms with E-state index in [1.807, 2.05) is 13.0 Å². The highest BCUT2D eigenvalue weighted by Crippen LogP contribution is 2.58. The van der Waals surface area contributed by atoms with Crippen LogP contribution in [0.3, 0.4) is 0 Å². The predicted octanol–water partition coefficient (Wildman–Crippen LogP) is 6.24. The van der Waals surface area contributed by atoms with E-state index in [1.165, 1.54) is 6.92 Å². The number of hydrogen-bond acceptors (Lipinski definition) is 11. The smallest absolute Gasteiger partial charge is 0.427 e. The van der Waals surface area contributed by atoms with E-state index in [0.29, 0.717) is 36.5 Å². The fourth-order valence-corrected chi connectivity index (χ4v) is 9.41. The topological polar surface area (TPSA) is 171 Å². The highest BCUT2D eigenvalue weighted by atomic mass is 32.2. The van der Waals surface area contributed by atoms with Crippen LogP contribution >= 0.6 is 0 Å². The van der Waals surface area contributed by atoms with Crippen LogP contribution in [0.1, 0.15) is 107 Å². The van der Waals surface area contributed by atoms with Crippen LogP contribution in [0.5, 0.6) is 11.8 Å². The van der Waals surface area contributed by atoms with Crippen LogP contribution < -0.4 is 14.2 Å². The van der Waals surface area contributed by atoms with Gasteiger partial charge >= 0.3 is 12.1 Å². The summed E-state index contributed by atoms with van der Waals surface area (Å²) in [4.78, 5) is 58.5. The standard InChI is InChI=1S/C41H53F3N4O9S/c1-7-55-34-28-14-10-11-15-29(28)35(46-45-34)56-27-19-31-32(49)22-40(37(52)47-58(53,54)39(6)16-17-39)21-26(40)13-9-8-12-24(2)18-25(3)30(36(51)48(31)23-27)20-33(50)57-38(4,5)41(42,43)44/h9-11,13-15,24-27,30-31H,7-8,12,16-23H2,1-6H3,(H,47,52)/b13-9-/t24-,25-,26-,27-,30+,31+,40-/m1/s1/i4D3,5D3. The van der Waals surface area contributed by atoms with Crippen molar-refractivity contribution in [2.75, 3.05) is 13.2 Å². The minimum atomic E-state index is -6.11. The molecule has 2 saturated carbocycles. The zero-order chi connectivity index (χ0) is 47.4. The number of carbonyl (C=O) groups excluding carboxylic acids is 4. The summed E-state index contributed by atoms with van der Waals surface area (Å²) < 4.78 is 134. The minimum Gasteiger partial charge on any atom is -0.476 e. The molecule has 2 aliphatic heterocycles. The Labute approximate surface area is 345 Å². The lowest BCUT2D eigenvalue weighted by atomic mass is 9.82. The van der Waals surface area contributed by atoms with E-state index in [0.717, 1.165) is 4.90 Å². The summed E-state index contributed by atoms with van der Waals surface area (Å²) in [5.74, 6) is -7.29. The quantitative estimate of drug-likeness (QED) is 0.212. The van der Waals surface area contributed by atoms with E-state index in [-0.39, 0.29) is 50.1 Å². The first kappa shape index (κ1) is 35.6. The van der Waals surface area contributed by atoms with E-state index >= 15 is 4.79 Å². The van der Waals surface area contributed by atoms with Gasteiger partial charge in [-0.05, 0) is 96.0 Å². The zero-order valence-corrected chi connectivity index (χ0v) is 33.6. The number of amides is 2. The molecule has 6 rings (SSSR count). The van der Waals surface area contributed by atoms with Crippen molar-refractivity contribution < 1.29 is 63.2 Å². The predicted molar refractivity (Wildman–Crippen MR) is 206 cm³/mol. The number of nitrogens with zero attached hydrogens (tertiary/aromatic N) is 3. The van der Waals surface area contributed by atoms with Crippen molar-refractivity contribution in [2.45, 2.75) is 128 Å². The first-order chi connectivity index (χ1) is 29.6. The van der Waals surface area contributed by atoms with Gasteiger partial charge in [0.2, 0.25) is 39.2 Å². The molecule has 1 aromatic carbocycles. The van der Waals surface area contributed by atoms with Crippen molar-refractivity contribution in [1.82, 2.24) is 19.8 Å². The van der Waals surface area contributed by atoms with Gasteiger partial charge in [-0.1, -0.05) is 38.1 Å². The van der Waals surface area contributed by atoms with Crippen LogP contribution in [-0.2, 0) is 33.9 Å². The Morgan fingerprint density at radius 2 is 1.74 bits per heavy atom. The molecule has 13 nitrogen and oxygen atoms in total. The molecular formula is C41H53F3N4O9S. The number of hydrogen-bond donors (Lipinski definition) is 1. The number of fused-ring (bicyclic) bond motifs is 3. The molecule has 2 amide bonds. The molecule has 58 heavy (non-hydrogen) atoms. The van der Waals surface area contributed by atoms with Crippen LogP contribution in [0.2, 0.25) is 0 Å². The Morgan fingerprint density at radius 3 is 2.38 bits per heavy atom. The molecule has 1 saturated heterocycles. The Morgan fingerprint density at radius 1 is 1.07 bits per heavy atom. The van der Waals surface area contributed by atoms with E-state index in [4.69, 9.17) is 17.7 Å². The van der Waals surface area contributed by atoms with E-state index < -0.39 is 112 Å². The van der Waals surface area contributed by atoms with Gasteiger partial charge in [0.05, 0.1) is 52.5 Å². The molecule has 17 heteroatoms. The van der Waals surface area contributed by atoms with Gasteiger partial charge in [-0.25, -0.2) is 8.42 Å². The molecule has 318 valence electrons. The minimum absolute atomic E-state index is 0.00820. The number of ketones is 1. The number of benzene rings is 1. The maximum absolute atomic E-state index is 15.0. The average Bonchev–Trinajstić information content (AvgIpc) is 4.06. The maximum atomic E-state index is 15.0. The molecule has 4 aliphatic rings. The second kappa shape index (κ2) is 16.1. The van der Waals surface area contributed by atoms with Gasteiger partial charge in [-0.2, -0.15) is 13.2 Å². The molecule has 2 aliphatic carbocycles. The zero-order valence-electron chi connectivity index (χ0n) is 38.8. The molecule has 3 heterocycles. The second-order valence-electron chi connectivity index (χ2n) is 16.6. The summed E-state index contributed by atoms with van der Waals surface area (Å²) >= 11 is 0. The number of carbonyl (C=O) groups is 4. The van der Waals surface area contributed by atoms with Gasteiger partial charge < -0.3 is 19.1 Å². The van der Waals surface area contributed by atoms with Crippen molar-refractivity contribution in [2.24, 2.45) is 29.1 Å². The van der Waals surface area contributed by atoms with Crippen molar-refractivity contribution >= 4 is 44.4 Å². The van der Waals surface area contributed by atoms with Crippen LogP contribution in [0.4, 0.5) is 13.2 Å². The van der Waals surface area contributed by atoms with E-state index in [2.05, 4.69) is 19.7 Å². The van der Waals surface area contributed by atoms with E-state index in [1.54, 1.807) is 44.2 Å². The summed E-state index contributed by atoms with van der Waals surface area (Å²) in [7, 11) is -4.12. The van der Waals surface area contributed by atoms with E-state index in [9.17, 15) is 36.0 Å². The van der Waals surface area contributed by atoms with Gasteiger partial charge in [0.25, 0.3) is 0 Å². The number of allylic oxidation sites excluding steroid dienone is 2. The van der Waals surface area contributed by atoms with Gasteiger partial charge in [0.1, 0.15) is 6.10 Å². The Kier molecular flexibility index (Phi) is 9.87.